The second-order valence-electron chi connectivity index (χ2n) is 8.30. The molecule has 178 valence electrons. The van der Waals surface area contributed by atoms with Crippen molar-refractivity contribution in [2.45, 2.75) is 58.2 Å². The van der Waals surface area contributed by atoms with Crippen molar-refractivity contribution >= 4 is 35.6 Å². The summed E-state index contributed by atoms with van der Waals surface area (Å²) in [5, 5.41) is 28.1. The van der Waals surface area contributed by atoms with E-state index in [4.69, 9.17) is 0 Å². The summed E-state index contributed by atoms with van der Waals surface area (Å²) >= 11 is 1.26. The molecule has 1 heterocycles. The SMILES string of the molecule is CN[C@H](C[C@@H](O)c1nc(C(=O)N[C@@H](Cc2ccccc2)C[C@H](C)C(=O)O)cs1)C(C)C.Cl. The van der Waals surface area contributed by atoms with E-state index < -0.39 is 18.0 Å². The molecule has 0 radical (unpaired) electrons. The van der Waals surface area contributed by atoms with Crippen LogP contribution in [0.15, 0.2) is 35.7 Å². The Morgan fingerprint density at radius 2 is 1.78 bits per heavy atom. The van der Waals surface area contributed by atoms with E-state index in [1.807, 2.05) is 37.4 Å². The molecule has 1 aromatic heterocycles. The average molecular weight is 484 g/mol. The summed E-state index contributed by atoms with van der Waals surface area (Å²) in [6, 6.07) is 9.45. The molecular formula is C23H34ClN3O4S. The number of carbonyl (C=O) groups excluding carboxylic acids is 1. The van der Waals surface area contributed by atoms with Gasteiger partial charge in [0.05, 0.1) is 5.92 Å². The molecule has 7 nitrogen and oxygen atoms in total. The fraction of sp³-hybridized carbons (Fsp3) is 0.522. The van der Waals surface area contributed by atoms with Crippen LogP contribution in [0.25, 0.3) is 0 Å². The number of carboxylic acids is 1. The Labute approximate surface area is 200 Å². The number of amides is 1. The van der Waals surface area contributed by atoms with Crippen molar-refractivity contribution in [1.29, 1.82) is 0 Å². The second kappa shape index (κ2) is 13.5. The first-order valence-corrected chi connectivity index (χ1v) is 11.5. The van der Waals surface area contributed by atoms with Crippen molar-refractivity contribution in [2.24, 2.45) is 11.8 Å². The third kappa shape index (κ3) is 8.50. The Balaban J connectivity index is 0.00000512. The number of rotatable bonds is 12. The first-order valence-electron chi connectivity index (χ1n) is 10.6. The maximum Gasteiger partial charge on any atom is 0.306 e. The van der Waals surface area contributed by atoms with Crippen molar-refractivity contribution in [3.05, 3.63) is 52.0 Å². The van der Waals surface area contributed by atoms with E-state index in [2.05, 4.69) is 29.5 Å². The van der Waals surface area contributed by atoms with Crippen LogP contribution < -0.4 is 10.6 Å². The lowest BCUT2D eigenvalue weighted by Gasteiger charge is -2.22. The molecular weight excluding hydrogens is 450 g/mol. The minimum Gasteiger partial charge on any atom is -0.481 e. The molecule has 0 bridgehead atoms. The first kappa shape index (κ1) is 28.0. The van der Waals surface area contributed by atoms with Gasteiger partial charge in [0, 0.05) is 17.5 Å². The number of nitrogens with one attached hydrogen (secondary N) is 2. The molecule has 1 aromatic carbocycles. The van der Waals surface area contributed by atoms with E-state index in [0.29, 0.717) is 30.2 Å². The Bertz CT molecular complexity index is 847. The summed E-state index contributed by atoms with van der Waals surface area (Å²) in [4.78, 5) is 28.5. The van der Waals surface area contributed by atoms with Gasteiger partial charge < -0.3 is 20.8 Å². The normalized spacial score (nSPS) is 14.8. The van der Waals surface area contributed by atoms with Crippen LogP contribution in [-0.2, 0) is 11.2 Å². The van der Waals surface area contributed by atoms with Gasteiger partial charge >= 0.3 is 5.97 Å². The van der Waals surface area contributed by atoms with E-state index in [1.54, 1.807) is 12.3 Å². The number of carboxylic acid groups (broad SMARTS) is 1. The highest BCUT2D eigenvalue weighted by Crippen LogP contribution is 2.24. The first-order chi connectivity index (χ1) is 14.7. The van der Waals surface area contributed by atoms with E-state index in [1.165, 1.54) is 11.3 Å². The number of nitrogens with zero attached hydrogens (tertiary/aromatic N) is 1. The molecule has 0 unspecified atom stereocenters. The Morgan fingerprint density at radius 1 is 1.12 bits per heavy atom. The van der Waals surface area contributed by atoms with Gasteiger partial charge in [-0.15, -0.1) is 23.7 Å². The van der Waals surface area contributed by atoms with Gasteiger partial charge in [0.1, 0.15) is 16.8 Å². The molecule has 4 atom stereocenters. The third-order valence-electron chi connectivity index (χ3n) is 5.41. The standard InChI is InChI=1S/C23H33N3O4S.ClH/c1-14(2)18(24-4)12-20(27)22-26-19(13-31-22)21(28)25-17(10-15(3)23(29)30)11-16-8-6-5-7-9-16;/h5-9,13-15,17-18,20,24,27H,10-12H2,1-4H3,(H,25,28)(H,29,30);1H/t15-,17+,18+,20+;/m0./s1. The molecule has 2 rings (SSSR count). The summed E-state index contributed by atoms with van der Waals surface area (Å²) < 4.78 is 0. The lowest BCUT2D eigenvalue weighted by atomic mass is 9.96. The van der Waals surface area contributed by atoms with Crippen LogP contribution in [0.2, 0.25) is 0 Å². The maximum absolute atomic E-state index is 12.8. The van der Waals surface area contributed by atoms with Crippen LogP contribution in [0.4, 0.5) is 0 Å². The predicted molar refractivity (Wildman–Crippen MR) is 129 cm³/mol. The molecule has 0 aliphatic rings. The van der Waals surface area contributed by atoms with E-state index in [-0.39, 0.29) is 36.1 Å². The van der Waals surface area contributed by atoms with Gasteiger partial charge in [-0.1, -0.05) is 51.1 Å². The molecule has 1 amide bonds. The Hall–Kier alpha value is -2.00. The van der Waals surface area contributed by atoms with E-state index >= 15 is 0 Å². The monoisotopic (exact) mass is 483 g/mol. The quantitative estimate of drug-likeness (QED) is 0.366. The minimum absolute atomic E-state index is 0. The van der Waals surface area contributed by atoms with Crippen molar-refractivity contribution in [2.75, 3.05) is 7.05 Å². The third-order valence-corrected chi connectivity index (χ3v) is 6.36. The summed E-state index contributed by atoms with van der Waals surface area (Å²) in [7, 11) is 1.86. The molecule has 9 heteroatoms. The van der Waals surface area contributed by atoms with Crippen LogP contribution in [-0.4, -0.2) is 46.2 Å². The summed E-state index contributed by atoms with van der Waals surface area (Å²) in [5.74, 6) is -1.48. The molecule has 0 fully saturated rings. The van der Waals surface area contributed by atoms with Crippen LogP contribution >= 0.6 is 23.7 Å². The molecule has 0 aliphatic carbocycles. The number of hydrogen-bond donors (Lipinski definition) is 4. The van der Waals surface area contributed by atoms with Gasteiger partial charge in [-0.25, -0.2) is 4.98 Å². The molecule has 0 saturated carbocycles. The summed E-state index contributed by atoms with van der Waals surface area (Å²) in [6.45, 7) is 5.80. The van der Waals surface area contributed by atoms with Crippen LogP contribution in [0.3, 0.4) is 0 Å². The lowest BCUT2D eigenvalue weighted by molar-refractivity contribution is -0.141. The molecule has 32 heavy (non-hydrogen) atoms. The van der Waals surface area contributed by atoms with Gasteiger partial charge in [0.15, 0.2) is 0 Å². The van der Waals surface area contributed by atoms with Gasteiger partial charge in [0.2, 0.25) is 0 Å². The van der Waals surface area contributed by atoms with Gasteiger partial charge in [0.25, 0.3) is 5.91 Å². The summed E-state index contributed by atoms with van der Waals surface area (Å²) in [6.07, 6.45) is 0.601. The number of benzene rings is 1. The van der Waals surface area contributed by atoms with Crippen LogP contribution in [0, 0.1) is 11.8 Å². The smallest absolute Gasteiger partial charge is 0.306 e. The number of carbonyl (C=O) groups is 2. The highest BCUT2D eigenvalue weighted by atomic mass is 35.5. The number of halogens is 1. The number of hydrogen-bond acceptors (Lipinski definition) is 6. The fourth-order valence-electron chi connectivity index (χ4n) is 3.49. The van der Waals surface area contributed by atoms with Crippen LogP contribution in [0.1, 0.15) is 60.8 Å². The minimum atomic E-state index is -0.893. The molecule has 0 saturated heterocycles. The van der Waals surface area contributed by atoms with Crippen molar-refractivity contribution in [3.8, 4) is 0 Å². The Kier molecular flexibility index (Phi) is 11.8. The second-order valence-corrected chi connectivity index (χ2v) is 9.19. The lowest BCUT2D eigenvalue weighted by Crippen LogP contribution is -2.38. The van der Waals surface area contributed by atoms with E-state index in [0.717, 1.165) is 5.56 Å². The van der Waals surface area contributed by atoms with E-state index in [9.17, 15) is 19.8 Å². The zero-order valence-electron chi connectivity index (χ0n) is 18.9. The largest absolute Gasteiger partial charge is 0.481 e. The molecule has 0 spiro atoms. The number of thiazole rings is 1. The fourth-order valence-corrected chi connectivity index (χ4v) is 4.28. The Morgan fingerprint density at radius 3 is 2.34 bits per heavy atom. The zero-order chi connectivity index (χ0) is 23.0. The number of aliphatic hydroxyl groups excluding tert-OH is 1. The maximum atomic E-state index is 12.8. The van der Waals surface area contributed by atoms with Crippen molar-refractivity contribution in [1.82, 2.24) is 15.6 Å². The van der Waals surface area contributed by atoms with Gasteiger partial charge in [-0.3, -0.25) is 9.59 Å². The number of aliphatic hydroxyl groups is 1. The van der Waals surface area contributed by atoms with Crippen LogP contribution in [0.5, 0.6) is 0 Å². The van der Waals surface area contributed by atoms with Gasteiger partial charge in [-0.2, -0.15) is 0 Å². The predicted octanol–water partition coefficient (Wildman–Crippen LogP) is 3.68. The summed E-state index contributed by atoms with van der Waals surface area (Å²) in [5.41, 5.74) is 1.26. The number of aliphatic carboxylic acids is 1. The van der Waals surface area contributed by atoms with Gasteiger partial charge in [-0.05, 0) is 37.8 Å². The number of aromatic nitrogens is 1. The highest BCUT2D eigenvalue weighted by Gasteiger charge is 2.24. The van der Waals surface area contributed by atoms with Crippen molar-refractivity contribution < 1.29 is 19.8 Å². The molecule has 0 aliphatic heterocycles. The molecule has 4 N–H and O–H groups in total. The topological polar surface area (TPSA) is 112 Å². The highest BCUT2D eigenvalue weighted by molar-refractivity contribution is 7.09. The molecule has 2 aromatic rings. The van der Waals surface area contributed by atoms with Crippen molar-refractivity contribution in [3.63, 3.8) is 0 Å². The zero-order valence-corrected chi connectivity index (χ0v) is 20.6. The average Bonchev–Trinajstić information content (AvgIpc) is 3.22.